The Morgan fingerprint density at radius 3 is 2.55 bits per heavy atom. The molecule has 1 atom stereocenters. The van der Waals surface area contributed by atoms with Gasteiger partial charge in [-0.05, 0) is 36.0 Å². The molecule has 1 unspecified atom stereocenters. The maximum Gasteiger partial charge on any atom is 0.387 e. The van der Waals surface area contributed by atoms with Gasteiger partial charge in [-0.15, -0.1) is 0 Å². The number of nitrogens with one attached hydrogen (secondary N) is 1. The van der Waals surface area contributed by atoms with Crippen molar-refractivity contribution in [2.45, 2.75) is 58.7 Å². The summed E-state index contributed by atoms with van der Waals surface area (Å²) >= 11 is 0. The van der Waals surface area contributed by atoms with Crippen molar-refractivity contribution in [3.05, 3.63) is 29.8 Å². The third-order valence-electron chi connectivity index (χ3n) is 4.21. The molecule has 0 spiro atoms. The summed E-state index contributed by atoms with van der Waals surface area (Å²) in [6, 6.07) is 7.37. The van der Waals surface area contributed by atoms with E-state index in [2.05, 4.69) is 23.9 Å². The molecule has 4 heteroatoms. The van der Waals surface area contributed by atoms with Gasteiger partial charge in [0.15, 0.2) is 0 Å². The van der Waals surface area contributed by atoms with Crippen LogP contribution in [0.3, 0.4) is 0 Å². The van der Waals surface area contributed by atoms with Crippen molar-refractivity contribution in [3.8, 4) is 5.75 Å². The maximum atomic E-state index is 12.1. The third kappa shape index (κ3) is 4.17. The third-order valence-corrected chi connectivity index (χ3v) is 4.21. The van der Waals surface area contributed by atoms with E-state index in [0.29, 0.717) is 11.5 Å². The lowest BCUT2D eigenvalue weighted by Gasteiger charge is -2.39. The van der Waals surface area contributed by atoms with Crippen molar-refractivity contribution in [1.29, 1.82) is 0 Å². The molecule has 0 amide bonds. The number of hydrogen-bond donors (Lipinski definition) is 1. The summed E-state index contributed by atoms with van der Waals surface area (Å²) < 4.78 is 28.5. The van der Waals surface area contributed by atoms with Gasteiger partial charge in [-0.25, -0.2) is 0 Å². The Morgan fingerprint density at radius 1 is 1.25 bits per heavy atom. The zero-order valence-electron chi connectivity index (χ0n) is 12.2. The van der Waals surface area contributed by atoms with Crippen molar-refractivity contribution >= 4 is 0 Å². The fourth-order valence-electron chi connectivity index (χ4n) is 2.90. The summed E-state index contributed by atoms with van der Waals surface area (Å²) in [5, 5.41) is 3.60. The van der Waals surface area contributed by atoms with E-state index in [4.69, 9.17) is 0 Å². The van der Waals surface area contributed by atoms with Gasteiger partial charge in [0.05, 0.1) is 0 Å². The van der Waals surface area contributed by atoms with E-state index in [1.807, 2.05) is 12.1 Å². The lowest BCUT2D eigenvalue weighted by atomic mass is 9.73. The minimum absolute atomic E-state index is 0.210. The van der Waals surface area contributed by atoms with Crippen LogP contribution in [-0.2, 0) is 6.54 Å². The Hall–Kier alpha value is -1.16. The first-order valence-electron chi connectivity index (χ1n) is 7.24. The summed E-state index contributed by atoms with van der Waals surface area (Å²) in [4.78, 5) is 0. The van der Waals surface area contributed by atoms with Crippen LogP contribution in [0.15, 0.2) is 24.3 Å². The van der Waals surface area contributed by atoms with Crippen LogP contribution < -0.4 is 10.1 Å². The first-order chi connectivity index (χ1) is 9.47. The first kappa shape index (κ1) is 15.2. The van der Waals surface area contributed by atoms with E-state index in [9.17, 15) is 8.78 Å². The van der Waals surface area contributed by atoms with Crippen molar-refractivity contribution in [2.75, 3.05) is 0 Å². The highest BCUT2D eigenvalue weighted by atomic mass is 19.3. The van der Waals surface area contributed by atoms with Gasteiger partial charge in [-0.1, -0.05) is 38.8 Å². The number of benzene rings is 1. The molecule has 2 nitrogen and oxygen atoms in total. The predicted octanol–water partition coefficient (Wildman–Crippen LogP) is 4.35. The molecule has 0 aromatic heterocycles. The summed E-state index contributed by atoms with van der Waals surface area (Å²) in [5.74, 6) is 0.210. The molecule has 2 rings (SSSR count). The topological polar surface area (TPSA) is 21.3 Å². The van der Waals surface area contributed by atoms with Crippen LogP contribution in [0, 0.1) is 5.41 Å². The van der Waals surface area contributed by atoms with Gasteiger partial charge in [0.1, 0.15) is 5.75 Å². The molecule has 20 heavy (non-hydrogen) atoms. The zero-order chi connectivity index (χ0) is 14.6. The van der Waals surface area contributed by atoms with Gasteiger partial charge >= 0.3 is 6.61 Å². The quantitative estimate of drug-likeness (QED) is 0.867. The molecule has 1 aliphatic rings. The molecule has 0 bridgehead atoms. The first-order valence-corrected chi connectivity index (χ1v) is 7.24. The average Bonchev–Trinajstić information content (AvgIpc) is 2.38. The van der Waals surface area contributed by atoms with E-state index < -0.39 is 6.61 Å². The smallest absolute Gasteiger partial charge is 0.387 e. The van der Waals surface area contributed by atoms with Crippen molar-refractivity contribution in [3.63, 3.8) is 0 Å². The van der Waals surface area contributed by atoms with Crippen LogP contribution in [0.1, 0.15) is 45.1 Å². The Kier molecular flexibility index (Phi) is 4.97. The van der Waals surface area contributed by atoms with Crippen molar-refractivity contribution in [2.24, 2.45) is 5.41 Å². The highest BCUT2D eigenvalue weighted by Crippen LogP contribution is 2.35. The Labute approximate surface area is 119 Å². The molecule has 1 saturated carbocycles. The normalized spacial score (nSPS) is 21.9. The molecule has 1 N–H and O–H groups in total. The van der Waals surface area contributed by atoms with Gasteiger partial charge in [-0.2, -0.15) is 8.78 Å². The summed E-state index contributed by atoms with van der Waals surface area (Å²) in [6.07, 6.45) is 5.05. The molecule has 0 radical (unpaired) electrons. The van der Waals surface area contributed by atoms with Gasteiger partial charge in [0.2, 0.25) is 0 Å². The second-order valence-electron chi connectivity index (χ2n) is 6.19. The number of rotatable bonds is 5. The van der Waals surface area contributed by atoms with E-state index in [1.54, 1.807) is 12.1 Å². The SMILES string of the molecule is CC1(C)CCCCC1NCc1ccc(OC(F)F)cc1. The standard InChI is InChI=1S/C16H23F2NO/c1-16(2)10-4-3-5-14(16)19-11-12-6-8-13(9-7-12)20-15(17)18/h6-9,14-15,19H,3-5,10-11H2,1-2H3. The molecule has 112 valence electrons. The summed E-state index contributed by atoms with van der Waals surface area (Å²) in [7, 11) is 0. The van der Waals surface area contributed by atoms with Crippen molar-refractivity contribution < 1.29 is 13.5 Å². The maximum absolute atomic E-state index is 12.1. The fourth-order valence-corrected chi connectivity index (χ4v) is 2.90. The highest BCUT2D eigenvalue weighted by molar-refractivity contribution is 5.27. The van der Waals surface area contributed by atoms with Crippen LogP contribution in [0.4, 0.5) is 8.78 Å². The molecule has 1 aliphatic carbocycles. The molecule has 0 saturated heterocycles. The van der Waals surface area contributed by atoms with Crippen LogP contribution >= 0.6 is 0 Å². The van der Waals surface area contributed by atoms with Gasteiger partial charge in [-0.3, -0.25) is 0 Å². The Bertz CT molecular complexity index is 417. The van der Waals surface area contributed by atoms with Crippen molar-refractivity contribution in [1.82, 2.24) is 5.32 Å². The van der Waals surface area contributed by atoms with Gasteiger partial charge in [0, 0.05) is 12.6 Å². The minimum atomic E-state index is -2.76. The molecule has 1 aromatic carbocycles. The predicted molar refractivity (Wildman–Crippen MR) is 76.0 cm³/mol. The fraction of sp³-hybridized carbons (Fsp3) is 0.625. The van der Waals surface area contributed by atoms with E-state index in [0.717, 1.165) is 12.1 Å². The van der Waals surface area contributed by atoms with E-state index >= 15 is 0 Å². The number of alkyl halides is 2. The Balaban J connectivity index is 1.87. The van der Waals surface area contributed by atoms with Gasteiger partial charge in [0.25, 0.3) is 0 Å². The second kappa shape index (κ2) is 6.53. The minimum Gasteiger partial charge on any atom is -0.435 e. The average molecular weight is 283 g/mol. The highest BCUT2D eigenvalue weighted by Gasteiger charge is 2.31. The monoisotopic (exact) mass is 283 g/mol. The van der Waals surface area contributed by atoms with Crippen LogP contribution in [0.25, 0.3) is 0 Å². The molecule has 0 aliphatic heterocycles. The number of ether oxygens (including phenoxy) is 1. The number of halogens is 2. The zero-order valence-corrected chi connectivity index (χ0v) is 12.2. The second-order valence-corrected chi connectivity index (χ2v) is 6.19. The van der Waals surface area contributed by atoms with Gasteiger partial charge < -0.3 is 10.1 Å². The lowest BCUT2D eigenvalue weighted by molar-refractivity contribution is -0.0498. The molecule has 1 fully saturated rings. The largest absolute Gasteiger partial charge is 0.435 e. The number of hydrogen-bond acceptors (Lipinski definition) is 2. The summed E-state index contributed by atoms with van der Waals surface area (Å²) in [6.45, 7) is 2.62. The Morgan fingerprint density at radius 2 is 1.95 bits per heavy atom. The van der Waals surface area contributed by atoms with E-state index in [-0.39, 0.29) is 5.75 Å². The van der Waals surface area contributed by atoms with Crippen LogP contribution in [-0.4, -0.2) is 12.7 Å². The molecule has 0 heterocycles. The molecule has 1 aromatic rings. The lowest BCUT2D eigenvalue weighted by Crippen LogP contribution is -2.43. The van der Waals surface area contributed by atoms with Crippen LogP contribution in [0.2, 0.25) is 0 Å². The molecular formula is C16H23F2NO. The van der Waals surface area contributed by atoms with E-state index in [1.165, 1.54) is 25.7 Å². The molecular weight excluding hydrogens is 260 g/mol. The summed E-state index contributed by atoms with van der Waals surface area (Å²) in [5.41, 5.74) is 1.42. The van der Waals surface area contributed by atoms with Crippen LogP contribution in [0.5, 0.6) is 5.75 Å².